The molecule has 4 rings (SSSR count). The van der Waals surface area contributed by atoms with Crippen molar-refractivity contribution in [1.29, 1.82) is 0 Å². The SMILES string of the molecule is Cc1c(Nc2nccc3[nH]c(=O)cnc23)cccc1-c1ccccc1. The molecular formula is C20H16N4O. The van der Waals surface area contributed by atoms with E-state index in [4.69, 9.17) is 0 Å². The van der Waals surface area contributed by atoms with E-state index in [0.29, 0.717) is 16.9 Å². The van der Waals surface area contributed by atoms with E-state index in [1.165, 1.54) is 6.20 Å². The summed E-state index contributed by atoms with van der Waals surface area (Å²) in [7, 11) is 0. The molecule has 2 aromatic heterocycles. The Labute approximate surface area is 144 Å². The van der Waals surface area contributed by atoms with Crippen molar-refractivity contribution in [2.24, 2.45) is 0 Å². The molecule has 0 aliphatic rings. The van der Waals surface area contributed by atoms with Gasteiger partial charge >= 0.3 is 0 Å². The van der Waals surface area contributed by atoms with Gasteiger partial charge in [0.05, 0.1) is 11.7 Å². The number of fused-ring (bicyclic) bond motifs is 1. The van der Waals surface area contributed by atoms with Gasteiger partial charge in [0, 0.05) is 11.9 Å². The Morgan fingerprint density at radius 1 is 0.960 bits per heavy atom. The average molecular weight is 328 g/mol. The quantitative estimate of drug-likeness (QED) is 0.595. The molecule has 0 saturated carbocycles. The molecule has 0 bridgehead atoms. The second-order valence-electron chi connectivity index (χ2n) is 5.77. The lowest BCUT2D eigenvalue weighted by Gasteiger charge is -2.14. The molecule has 2 N–H and O–H groups in total. The molecule has 0 unspecified atom stereocenters. The highest BCUT2D eigenvalue weighted by molar-refractivity contribution is 5.88. The van der Waals surface area contributed by atoms with Crippen molar-refractivity contribution in [3.05, 3.63) is 82.9 Å². The molecule has 0 aliphatic heterocycles. The van der Waals surface area contributed by atoms with Crippen molar-refractivity contribution in [2.45, 2.75) is 6.92 Å². The summed E-state index contributed by atoms with van der Waals surface area (Å²) in [6, 6.07) is 18.1. The standard InChI is InChI=1S/C20H16N4O/c1-13-15(14-6-3-2-4-7-14)8-5-9-16(13)24-20-19-17(10-11-21-20)23-18(25)12-22-19/h2-12H,1H3,(H,21,24)(H,23,25). The van der Waals surface area contributed by atoms with Gasteiger partial charge in [-0.25, -0.2) is 9.97 Å². The van der Waals surface area contributed by atoms with Crippen LogP contribution in [0.5, 0.6) is 0 Å². The Kier molecular flexibility index (Phi) is 3.74. The van der Waals surface area contributed by atoms with Crippen LogP contribution in [-0.2, 0) is 0 Å². The largest absolute Gasteiger partial charge is 0.338 e. The molecule has 4 aromatic rings. The monoisotopic (exact) mass is 328 g/mol. The number of benzene rings is 2. The maximum absolute atomic E-state index is 11.4. The Hall–Kier alpha value is -3.47. The molecule has 0 amide bonds. The van der Waals surface area contributed by atoms with Crippen molar-refractivity contribution in [3.63, 3.8) is 0 Å². The number of nitrogens with one attached hydrogen (secondary N) is 2. The topological polar surface area (TPSA) is 70.7 Å². The maximum atomic E-state index is 11.4. The zero-order valence-corrected chi connectivity index (χ0v) is 13.7. The third-order valence-electron chi connectivity index (χ3n) is 4.16. The van der Waals surface area contributed by atoms with Crippen molar-refractivity contribution < 1.29 is 0 Å². The van der Waals surface area contributed by atoms with Gasteiger partial charge in [-0.3, -0.25) is 4.79 Å². The predicted octanol–water partition coefficient (Wildman–Crippen LogP) is 4.04. The van der Waals surface area contributed by atoms with Crippen LogP contribution in [0, 0.1) is 6.92 Å². The Morgan fingerprint density at radius 3 is 2.64 bits per heavy atom. The van der Waals surface area contributed by atoms with E-state index >= 15 is 0 Å². The van der Waals surface area contributed by atoms with Crippen LogP contribution >= 0.6 is 0 Å². The molecule has 0 radical (unpaired) electrons. The third kappa shape index (κ3) is 2.87. The smallest absolute Gasteiger partial charge is 0.266 e. The first kappa shape index (κ1) is 15.1. The number of H-pyrrole nitrogens is 1. The fourth-order valence-corrected chi connectivity index (χ4v) is 2.89. The lowest BCUT2D eigenvalue weighted by molar-refractivity contribution is 1.19. The van der Waals surface area contributed by atoms with E-state index in [0.717, 1.165) is 22.4 Å². The zero-order valence-electron chi connectivity index (χ0n) is 13.7. The zero-order chi connectivity index (χ0) is 17.2. The second kappa shape index (κ2) is 6.20. The maximum Gasteiger partial charge on any atom is 0.266 e. The van der Waals surface area contributed by atoms with Gasteiger partial charge in [0.15, 0.2) is 5.82 Å². The summed E-state index contributed by atoms with van der Waals surface area (Å²) in [5.41, 5.74) is 5.45. The molecule has 2 heterocycles. The molecule has 2 aromatic carbocycles. The van der Waals surface area contributed by atoms with Crippen LogP contribution in [0.15, 0.2) is 71.8 Å². The fourth-order valence-electron chi connectivity index (χ4n) is 2.89. The molecule has 0 saturated heterocycles. The summed E-state index contributed by atoms with van der Waals surface area (Å²) in [4.78, 5) is 22.8. The van der Waals surface area contributed by atoms with E-state index in [9.17, 15) is 4.79 Å². The first-order chi connectivity index (χ1) is 12.2. The summed E-state index contributed by atoms with van der Waals surface area (Å²) in [6.45, 7) is 2.07. The molecule has 0 spiro atoms. The molecule has 0 aliphatic carbocycles. The number of hydrogen-bond acceptors (Lipinski definition) is 4. The summed E-state index contributed by atoms with van der Waals surface area (Å²) in [5.74, 6) is 0.613. The van der Waals surface area contributed by atoms with Crippen molar-refractivity contribution in [1.82, 2.24) is 15.0 Å². The highest BCUT2D eigenvalue weighted by Crippen LogP contribution is 2.30. The Balaban J connectivity index is 1.79. The highest BCUT2D eigenvalue weighted by Gasteiger charge is 2.09. The number of anilines is 2. The van der Waals surface area contributed by atoms with E-state index < -0.39 is 0 Å². The van der Waals surface area contributed by atoms with Crippen molar-refractivity contribution in [2.75, 3.05) is 5.32 Å². The lowest BCUT2D eigenvalue weighted by Crippen LogP contribution is -2.07. The lowest BCUT2D eigenvalue weighted by atomic mass is 9.99. The van der Waals surface area contributed by atoms with E-state index in [-0.39, 0.29) is 5.56 Å². The van der Waals surface area contributed by atoms with Crippen LogP contribution in [0.3, 0.4) is 0 Å². The predicted molar refractivity (Wildman–Crippen MR) is 100 cm³/mol. The van der Waals surface area contributed by atoms with Gasteiger partial charge in [0.1, 0.15) is 5.52 Å². The molecule has 5 nitrogen and oxygen atoms in total. The first-order valence-corrected chi connectivity index (χ1v) is 7.98. The summed E-state index contributed by atoms with van der Waals surface area (Å²) < 4.78 is 0. The van der Waals surface area contributed by atoms with Crippen LogP contribution in [0.4, 0.5) is 11.5 Å². The molecule has 0 fully saturated rings. The summed E-state index contributed by atoms with van der Waals surface area (Å²) >= 11 is 0. The van der Waals surface area contributed by atoms with Gasteiger partial charge in [-0.15, -0.1) is 0 Å². The minimum atomic E-state index is -0.230. The minimum Gasteiger partial charge on any atom is -0.338 e. The molecule has 122 valence electrons. The second-order valence-corrected chi connectivity index (χ2v) is 5.77. The highest BCUT2D eigenvalue weighted by atomic mass is 16.1. The van der Waals surface area contributed by atoms with Gasteiger partial charge in [0.2, 0.25) is 0 Å². The number of aromatic amines is 1. The van der Waals surface area contributed by atoms with Crippen LogP contribution < -0.4 is 10.9 Å². The minimum absolute atomic E-state index is 0.230. The molecule has 5 heteroatoms. The average Bonchev–Trinajstić information content (AvgIpc) is 2.64. The third-order valence-corrected chi connectivity index (χ3v) is 4.16. The van der Waals surface area contributed by atoms with E-state index in [1.54, 1.807) is 12.3 Å². The van der Waals surface area contributed by atoms with Gasteiger partial charge < -0.3 is 10.3 Å². The molecular weight excluding hydrogens is 312 g/mol. The van der Waals surface area contributed by atoms with Gasteiger partial charge in [-0.2, -0.15) is 0 Å². The first-order valence-electron chi connectivity index (χ1n) is 7.98. The number of nitrogens with zero attached hydrogens (tertiary/aromatic N) is 2. The summed E-state index contributed by atoms with van der Waals surface area (Å²) in [6.07, 6.45) is 2.92. The Morgan fingerprint density at radius 2 is 1.80 bits per heavy atom. The number of pyridine rings is 1. The van der Waals surface area contributed by atoms with Gasteiger partial charge in [-0.05, 0) is 35.7 Å². The summed E-state index contributed by atoms with van der Waals surface area (Å²) in [5, 5.41) is 3.35. The van der Waals surface area contributed by atoms with Crippen molar-refractivity contribution in [3.8, 4) is 11.1 Å². The van der Waals surface area contributed by atoms with Crippen LogP contribution in [0.25, 0.3) is 22.2 Å². The number of hydrogen-bond donors (Lipinski definition) is 2. The molecule has 25 heavy (non-hydrogen) atoms. The van der Waals surface area contributed by atoms with Crippen molar-refractivity contribution >= 4 is 22.5 Å². The van der Waals surface area contributed by atoms with Crippen LogP contribution in [-0.4, -0.2) is 15.0 Å². The Bertz CT molecular complexity index is 1100. The number of rotatable bonds is 3. The van der Waals surface area contributed by atoms with Crippen LogP contribution in [0.2, 0.25) is 0 Å². The molecule has 0 atom stereocenters. The van der Waals surface area contributed by atoms with E-state index in [1.807, 2.05) is 30.3 Å². The van der Waals surface area contributed by atoms with Gasteiger partial charge in [0.25, 0.3) is 5.56 Å². The normalized spacial score (nSPS) is 10.8. The fraction of sp³-hybridized carbons (Fsp3) is 0.0500. The van der Waals surface area contributed by atoms with Crippen LogP contribution in [0.1, 0.15) is 5.56 Å². The number of aromatic nitrogens is 3. The van der Waals surface area contributed by atoms with Gasteiger partial charge in [-0.1, -0.05) is 42.5 Å². The van der Waals surface area contributed by atoms with E-state index in [2.05, 4.69) is 45.4 Å².